The van der Waals surface area contributed by atoms with Crippen molar-refractivity contribution in [3.05, 3.63) is 28.6 Å². The highest BCUT2D eigenvalue weighted by molar-refractivity contribution is 5.34. The van der Waals surface area contributed by atoms with E-state index >= 15 is 0 Å². The molecule has 0 spiro atoms. The van der Waals surface area contributed by atoms with Crippen LogP contribution in [0.15, 0.2) is 6.07 Å². The van der Waals surface area contributed by atoms with Crippen LogP contribution in [0.1, 0.15) is 48.2 Å². The molecule has 1 aromatic rings. The first-order chi connectivity index (χ1) is 6.93. The van der Waals surface area contributed by atoms with Crippen LogP contribution in [-0.4, -0.2) is 4.98 Å². The molecule has 0 bridgehead atoms. The molecule has 1 aromatic heterocycles. The Kier molecular flexibility index (Phi) is 2.04. The van der Waals surface area contributed by atoms with E-state index in [0.29, 0.717) is 0 Å². The van der Waals surface area contributed by atoms with Crippen molar-refractivity contribution in [2.24, 2.45) is 0 Å². The van der Waals surface area contributed by atoms with Gasteiger partial charge in [-0.15, -0.1) is 0 Å². The number of hydrogen-bond donors (Lipinski definition) is 0. The summed E-state index contributed by atoms with van der Waals surface area (Å²) in [7, 11) is 0. The van der Waals surface area contributed by atoms with Gasteiger partial charge in [0, 0.05) is 11.4 Å². The maximum Gasteiger partial charge on any atom is 0.0439 e. The predicted molar refractivity (Wildman–Crippen MR) is 57.5 cm³/mol. The summed E-state index contributed by atoms with van der Waals surface area (Å²) in [6, 6.07) is 2.45. The molecule has 0 aromatic carbocycles. The topological polar surface area (TPSA) is 12.9 Å². The van der Waals surface area contributed by atoms with Crippen LogP contribution in [0, 0.1) is 0 Å². The van der Waals surface area contributed by atoms with Gasteiger partial charge in [-0.2, -0.15) is 0 Å². The van der Waals surface area contributed by atoms with Gasteiger partial charge >= 0.3 is 0 Å². The van der Waals surface area contributed by atoms with Crippen LogP contribution in [0.4, 0.5) is 0 Å². The number of nitrogens with zero attached hydrogens (tertiary/aromatic N) is 1. The lowest BCUT2D eigenvalue weighted by molar-refractivity contribution is 0.708. The molecule has 0 unspecified atom stereocenters. The average Bonchev–Trinajstić information content (AvgIpc) is 2.51. The molecule has 0 saturated heterocycles. The summed E-state index contributed by atoms with van der Waals surface area (Å²) in [6.07, 6.45) is 10.4. The van der Waals surface area contributed by atoms with Gasteiger partial charge in [-0.05, 0) is 56.1 Å². The molecule has 14 heavy (non-hydrogen) atoms. The zero-order valence-electron chi connectivity index (χ0n) is 8.68. The third-order valence-corrected chi connectivity index (χ3v) is 3.58. The van der Waals surface area contributed by atoms with E-state index in [0.717, 1.165) is 0 Å². The molecule has 0 aliphatic heterocycles. The third-order valence-electron chi connectivity index (χ3n) is 3.58. The Balaban J connectivity index is 2.06. The largest absolute Gasteiger partial charge is 0.257 e. The highest BCUT2D eigenvalue weighted by Crippen LogP contribution is 2.26. The van der Waals surface area contributed by atoms with Crippen molar-refractivity contribution in [3.8, 4) is 0 Å². The fraction of sp³-hybridized carbons (Fsp3) is 0.615. The van der Waals surface area contributed by atoms with Crippen molar-refractivity contribution in [2.75, 3.05) is 0 Å². The fourth-order valence-corrected chi connectivity index (χ4v) is 2.78. The molecule has 0 fully saturated rings. The molecule has 2 aliphatic carbocycles. The SMILES string of the molecule is c1c2c(nc3c1CCC3)CCCCC2. The summed E-state index contributed by atoms with van der Waals surface area (Å²) in [5, 5.41) is 0. The van der Waals surface area contributed by atoms with Crippen LogP contribution in [0.25, 0.3) is 0 Å². The molecule has 0 radical (unpaired) electrons. The highest BCUT2D eigenvalue weighted by atomic mass is 14.7. The molecule has 2 aliphatic rings. The summed E-state index contributed by atoms with van der Waals surface area (Å²) in [4.78, 5) is 4.85. The number of hydrogen-bond acceptors (Lipinski definition) is 1. The Bertz CT molecular complexity index is 321. The van der Waals surface area contributed by atoms with Gasteiger partial charge in [-0.3, -0.25) is 4.98 Å². The van der Waals surface area contributed by atoms with Gasteiger partial charge in [0.25, 0.3) is 0 Å². The summed E-state index contributed by atoms with van der Waals surface area (Å²) in [6.45, 7) is 0. The molecule has 0 saturated carbocycles. The molecule has 0 atom stereocenters. The summed E-state index contributed by atoms with van der Waals surface area (Å²) in [5.74, 6) is 0. The Morgan fingerprint density at radius 1 is 0.714 bits per heavy atom. The molecule has 1 heteroatoms. The van der Waals surface area contributed by atoms with E-state index in [4.69, 9.17) is 4.98 Å². The van der Waals surface area contributed by atoms with Crippen LogP contribution in [0.5, 0.6) is 0 Å². The van der Waals surface area contributed by atoms with E-state index < -0.39 is 0 Å². The van der Waals surface area contributed by atoms with E-state index in [-0.39, 0.29) is 0 Å². The van der Waals surface area contributed by atoms with Crippen molar-refractivity contribution in [1.29, 1.82) is 0 Å². The van der Waals surface area contributed by atoms with Gasteiger partial charge in [0.05, 0.1) is 0 Å². The second kappa shape index (κ2) is 3.38. The quantitative estimate of drug-likeness (QED) is 0.569. The van der Waals surface area contributed by atoms with Crippen LogP contribution >= 0.6 is 0 Å². The molecule has 1 nitrogen and oxygen atoms in total. The third kappa shape index (κ3) is 1.35. The zero-order chi connectivity index (χ0) is 9.38. The molecule has 0 N–H and O–H groups in total. The number of rotatable bonds is 0. The molecule has 3 rings (SSSR count). The van der Waals surface area contributed by atoms with Crippen molar-refractivity contribution in [3.63, 3.8) is 0 Å². The Morgan fingerprint density at radius 2 is 1.36 bits per heavy atom. The van der Waals surface area contributed by atoms with Gasteiger partial charge in [0.15, 0.2) is 0 Å². The van der Waals surface area contributed by atoms with Crippen LogP contribution in [0.2, 0.25) is 0 Å². The van der Waals surface area contributed by atoms with Crippen molar-refractivity contribution >= 4 is 0 Å². The van der Waals surface area contributed by atoms with Gasteiger partial charge in [0.2, 0.25) is 0 Å². The number of pyridine rings is 1. The van der Waals surface area contributed by atoms with E-state index in [1.54, 1.807) is 11.1 Å². The Morgan fingerprint density at radius 3 is 2.21 bits per heavy atom. The number of aromatic nitrogens is 1. The molecule has 0 amide bonds. The molecule has 1 heterocycles. The Hall–Kier alpha value is -0.850. The minimum Gasteiger partial charge on any atom is -0.257 e. The smallest absolute Gasteiger partial charge is 0.0439 e. The number of aryl methyl sites for hydroxylation is 4. The van der Waals surface area contributed by atoms with Crippen molar-refractivity contribution < 1.29 is 0 Å². The van der Waals surface area contributed by atoms with Gasteiger partial charge < -0.3 is 0 Å². The van der Waals surface area contributed by atoms with Crippen LogP contribution in [0.3, 0.4) is 0 Å². The van der Waals surface area contributed by atoms with E-state index in [1.165, 1.54) is 62.8 Å². The summed E-state index contributed by atoms with van der Waals surface area (Å²) in [5.41, 5.74) is 5.93. The van der Waals surface area contributed by atoms with Gasteiger partial charge in [-0.25, -0.2) is 0 Å². The summed E-state index contributed by atoms with van der Waals surface area (Å²) < 4.78 is 0. The van der Waals surface area contributed by atoms with Gasteiger partial charge in [0.1, 0.15) is 0 Å². The lowest BCUT2D eigenvalue weighted by Crippen LogP contribution is -2.00. The maximum absolute atomic E-state index is 4.85. The van der Waals surface area contributed by atoms with E-state index in [1.807, 2.05) is 0 Å². The monoisotopic (exact) mass is 187 g/mol. The van der Waals surface area contributed by atoms with Crippen LogP contribution < -0.4 is 0 Å². The first-order valence-corrected chi connectivity index (χ1v) is 5.94. The Labute approximate surface area is 85.6 Å². The lowest BCUT2D eigenvalue weighted by Gasteiger charge is -2.07. The minimum absolute atomic E-state index is 1.22. The molecular weight excluding hydrogens is 170 g/mol. The second-order valence-electron chi connectivity index (χ2n) is 4.61. The zero-order valence-corrected chi connectivity index (χ0v) is 8.68. The van der Waals surface area contributed by atoms with Crippen molar-refractivity contribution in [2.45, 2.75) is 51.4 Å². The first kappa shape index (κ1) is 8.46. The standard InChI is InChI=1S/C13H17N/c1-2-5-10-9-11-6-4-8-13(11)14-12(10)7-3-1/h9H,1-8H2. The van der Waals surface area contributed by atoms with E-state index in [2.05, 4.69) is 6.07 Å². The predicted octanol–water partition coefficient (Wildman–Crippen LogP) is 2.84. The second-order valence-corrected chi connectivity index (χ2v) is 4.61. The normalized spacial score (nSPS) is 20.0. The molecular formula is C13H17N. The van der Waals surface area contributed by atoms with Gasteiger partial charge in [-0.1, -0.05) is 12.5 Å². The van der Waals surface area contributed by atoms with E-state index in [9.17, 15) is 0 Å². The average molecular weight is 187 g/mol. The minimum atomic E-state index is 1.22. The first-order valence-electron chi connectivity index (χ1n) is 5.94. The maximum atomic E-state index is 4.85. The van der Waals surface area contributed by atoms with Crippen LogP contribution in [-0.2, 0) is 25.7 Å². The fourth-order valence-electron chi connectivity index (χ4n) is 2.78. The number of fused-ring (bicyclic) bond motifs is 2. The van der Waals surface area contributed by atoms with Crippen molar-refractivity contribution in [1.82, 2.24) is 4.98 Å². The molecule has 74 valence electrons. The highest BCUT2D eigenvalue weighted by Gasteiger charge is 2.17. The lowest BCUT2D eigenvalue weighted by atomic mass is 10.0. The summed E-state index contributed by atoms with van der Waals surface area (Å²) >= 11 is 0.